The number of esters is 1. The van der Waals surface area contributed by atoms with E-state index in [1.165, 1.54) is 0 Å². The number of benzene rings is 2. The zero-order chi connectivity index (χ0) is 17.0. The lowest BCUT2D eigenvalue weighted by atomic mass is 10.1. The van der Waals surface area contributed by atoms with Crippen molar-refractivity contribution in [3.63, 3.8) is 0 Å². The standard InChI is InChI=1S/C19H20ClNO2/c1-19(2,3)23-18(22)15-8-11-17(21)14(12-15)7-4-13-5-9-16(20)10-6-13/h4-12H,21H2,1-3H3/b7-4+. The number of anilines is 1. The summed E-state index contributed by atoms with van der Waals surface area (Å²) < 4.78 is 5.38. The number of carbonyl (C=O) groups is 1. The zero-order valence-corrected chi connectivity index (χ0v) is 14.2. The molecule has 0 fully saturated rings. The second kappa shape index (κ2) is 6.88. The summed E-state index contributed by atoms with van der Waals surface area (Å²) >= 11 is 5.87. The van der Waals surface area contributed by atoms with Gasteiger partial charge in [0.25, 0.3) is 0 Å². The Hall–Kier alpha value is -2.26. The number of halogens is 1. The zero-order valence-electron chi connectivity index (χ0n) is 13.5. The van der Waals surface area contributed by atoms with Gasteiger partial charge in [0.1, 0.15) is 5.60 Å². The van der Waals surface area contributed by atoms with E-state index in [-0.39, 0.29) is 5.97 Å². The second-order valence-corrected chi connectivity index (χ2v) is 6.67. The van der Waals surface area contributed by atoms with Crippen LogP contribution in [0, 0.1) is 0 Å². The lowest BCUT2D eigenvalue weighted by Crippen LogP contribution is -2.23. The third-order valence-electron chi connectivity index (χ3n) is 3.05. The Morgan fingerprint density at radius 1 is 1.09 bits per heavy atom. The maximum absolute atomic E-state index is 12.1. The number of hydrogen-bond donors (Lipinski definition) is 1. The minimum Gasteiger partial charge on any atom is -0.456 e. The van der Waals surface area contributed by atoms with E-state index in [0.29, 0.717) is 16.3 Å². The van der Waals surface area contributed by atoms with Crippen LogP contribution >= 0.6 is 11.6 Å². The maximum Gasteiger partial charge on any atom is 0.338 e. The molecule has 2 aromatic carbocycles. The molecule has 0 radical (unpaired) electrons. The minimum absolute atomic E-state index is 0.362. The molecule has 0 aliphatic heterocycles. The summed E-state index contributed by atoms with van der Waals surface area (Å²) in [6.45, 7) is 5.51. The highest BCUT2D eigenvalue weighted by molar-refractivity contribution is 6.30. The van der Waals surface area contributed by atoms with Crippen LogP contribution in [0.5, 0.6) is 0 Å². The maximum atomic E-state index is 12.1. The number of nitrogens with two attached hydrogens (primary N) is 1. The minimum atomic E-state index is -0.530. The molecule has 2 N–H and O–H groups in total. The summed E-state index contributed by atoms with van der Waals surface area (Å²) in [6.07, 6.45) is 3.79. The first kappa shape index (κ1) is 17.1. The van der Waals surface area contributed by atoms with Gasteiger partial charge in [-0.15, -0.1) is 0 Å². The van der Waals surface area contributed by atoms with Gasteiger partial charge in [-0.2, -0.15) is 0 Å². The van der Waals surface area contributed by atoms with Crippen LogP contribution in [-0.4, -0.2) is 11.6 Å². The highest BCUT2D eigenvalue weighted by Crippen LogP contribution is 2.20. The van der Waals surface area contributed by atoms with E-state index in [4.69, 9.17) is 22.1 Å². The number of carbonyl (C=O) groups excluding carboxylic acids is 1. The Balaban J connectivity index is 2.23. The molecule has 0 aliphatic rings. The van der Waals surface area contributed by atoms with Crippen molar-refractivity contribution in [3.05, 3.63) is 64.2 Å². The second-order valence-electron chi connectivity index (χ2n) is 6.23. The third kappa shape index (κ3) is 5.15. The molecule has 0 bridgehead atoms. The first-order valence-corrected chi connectivity index (χ1v) is 7.69. The van der Waals surface area contributed by atoms with Gasteiger partial charge in [-0.1, -0.05) is 35.9 Å². The van der Waals surface area contributed by atoms with Crippen LogP contribution in [0.4, 0.5) is 5.69 Å². The van der Waals surface area contributed by atoms with E-state index in [0.717, 1.165) is 11.1 Å². The van der Waals surface area contributed by atoms with Crippen molar-refractivity contribution in [1.82, 2.24) is 0 Å². The van der Waals surface area contributed by atoms with Crippen molar-refractivity contribution in [2.45, 2.75) is 26.4 Å². The molecule has 0 aromatic heterocycles. The van der Waals surface area contributed by atoms with Gasteiger partial charge in [-0.25, -0.2) is 4.79 Å². The summed E-state index contributed by atoms with van der Waals surface area (Å²) in [5.41, 5.74) is 8.29. The van der Waals surface area contributed by atoms with Gasteiger partial charge in [0.05, 0.1) is 5.56 Å². The average Bonchev–Trinajstić information content (AvgIpc) is 2.46. The summed E-state index contributed by atoms with van der Waals surface area (Å²) in [4.78, 5) is 12.1. The summed E-state index contributed by atoms with van der Waals surface area (Å²) in [6, 6.07) is 12.6. The van der Waals surface area contributed by atoms with Crippen LogP contribution in [0.2, 0.25) is 5.02 Å². The topological polar surface area (TPSA) is 52.3 Å². The third-order valence-corrected chi connectivity index (χ3v) is 3.30. The van der Waals surface area contributed by atoms with Gasteiger partial charge < -0.3 is 10.5 Å². The van der Waals surface area contributed by atoms with E-state index in [1.807, 2.05) is 57.2 Å². The molecule has 120 valence electrons. The number of hydrogen-bond acceptors (Lipinski definition) is 3. The van der Waals surface area contributed by atoms with Crippen LogP contribution in [-0.2, 0) is 4.74 Å². The van der Waals surface area contributed by atoms with Crippen LogP contribution in [0.25, 0.3) is 12.2 Å². The van der Waals surface area contributed by atoms with Gasteiger partial charge in [-0.05, 0) is 62.2 Å². The molecular weight excluding hydrogens is 310 g/mol. The Labute approximate surface area is 141 Å². The van der Waals surface area contributed by atoms with Crippen molar-refractivity contribution in [2.75, 3.05) is 5.73 Å². The molecular formula is C19H20ClNO2. The first-order valence-electron chi connectivity index (χ1n) is 7.31. The first-order chi connectivity index (χ1) is 10.7. The largest absolute Gasteiger partial charge is 0.456 e. The number of ether oxygens (including phenoxy) is 1. The molecule has 0 unspecified atom stereocenters. The fourth-order valence-electron chi connectivity index (χ4n) is 1.94. The lowest BCUT2D eigenvalue weighted by molar-refractivity contribution is 0.00695. The monoisotopic (exact) mass is 329 g/mol. The molecule has 0 aliphatic carbocycles. The van der Waals surface area contributed by atoms with E-state index >= 15 is 0 Å². The molecule has 0 heterocycles. The molecule has 0 amide bonds. The smallest absolute Gasteiger partial charge is 0.338 e. The molecule has 3 nitrogen and oxygen atoms in total. The van der Waals surface area contributed by atoms with Gasteiger partial charge >= 0.3 is 5.97 Å². The number of nitrogen functional groups attached to an aromatic ring is 1. The molecule has 23 heavy (non-hydrogen) atoms. The van der Waals surface area contributed by atoms with Crippen molar-refractivity contribution in [2.24, 2.45) is 0 Å². The fourth-order valence-corrected chi connectivity index (χ4v) is 2.07. The van der Waals surface area contributed by atoms with E-state index in [9.17, 15) is 4.79 Å². The fraction of sp³-hybridized carbons (Fsp3) is 0.211. The van der Waals surface area contributed by atoms with E-state index in [1.54, 1.807) is 18.2 Å². The molecule has 2 rings (SSSR count). The molecule has 0 saturated heterocycles. The van der Waals surface area contributed by atoms with Gasteiger partial charge in [-0.3, -0.25) is 0 Å². The molecule has 0 saturated carbocycles. The molecule has 2 aromatic rings. The summed E-state index contributed by atoms with van der Waals surface area (Å²) in [5, 5.41) is 0.689. The lowest BCUT2D eigenvalue weighted by Gasteiger charge is -2.19. The molecule has 0 atom stereocenters. The van der Waals surface area contributed by atoms with E-state index in [2.05, 4.69) is 0 Å². The van der Waals surface area contributed by atoms with Crippen LogP contribution in [0.15, 0.2) is 42.5 Å². The quantitative estimate of drug-likeness (QED) is 0.487. The number of rotatable bonds is 3. The predicted molar refractivity (Wildman–Crippen MR) is 96.4 cm³/mol. The van der Waals surface area contributed by atoms with Crippen molar-refractivity contribution < 1.29 is 9.53 Å². The van der Waals surface area contributed by atoms with Crippen LogP contribution in [0.1, 0.15) is 42.3 Å². The van der Waals surface area contributed by atoms with Gasteiger partial charge in [0.15, 0.2) is 0 Å². The van der Waals surface area contributed by atoms with Crippen molar-refractivity contribution in [1.29, 1.82) is 0 Å². The Morgan fingerprint density at radius 3 is 2.35 bits per heavy atom. The van der Waals surface area contributed by atoms with Crippen LogP contribution in [0.3, 0.4) is 0 Å². The van der Waals surface area contributed by atoms with Crippen molar-refractivity contribution >= 4 is 35.4 Å². The van der Waals surface area contributed by atoms with Gasteiger partial charge in [0.2, 0.25) is 0 Å². The normalized spacial score (nSPS) is 11.7. The Bertz CT molecular complexity index is 728. The van der Waals surface area contributed by atoms with Gasteiger partial charge in [0, 0.05) is 10.7 Å². The summed E-state index contributed by atoms with van der Waals surface area (Å²) in [5.74, 6) is -0.362. The van der Waals surface area contributed by atoms with E-state index < -0.39 is 5.60 Å². The highest BCUT2D eigenvalue weighted by Gasteiger charge is 2.18. The molecule has 0 spiro atoms. The summed E-state index contributed by atoms with van der Waals surface area (Å²) in [7, 11) is 0. The van der Waals surface area contributed by atoms with Crippen molar-refractivity contribution in [3.8, 4) is 0 Å². The molecule has 4 heteroatoms. The SMILES string of the molecule is CC(C)(C)OC(=O)c1ccc(N)c(/C=C/c2ccc(Cl)cc2)c1. The predicted octanol–water partition coefficient (Wildman–Crippen LogP) is 5.05. The van der Waals surface area contributed by atoms with Crippen LogP contribution < -0.4 is 5.73 Å². The Morgan fingerprint density at radius 2 is 1.74 bits per heavy atom. The average molecular weight is 330 g/mol. The Kier molecular flexibility index (Phi) is 5.12. The highest BCUT2D eigenvalue weighted by atomic mass is 35.5.